The maximum atomic E-state index is 6.18. The summed E-state index contributed by atoms with van der Waals surface area (Å²) in [5.41, 5.74) is 2.10. The van der Waals surface area contributed by atoms with E-state index in [9.17, 15) is 0 Å². The Morgan fingerprint density at radius 3 is 2.61 bits per heavy atom. The third-order valence-corrected chi connectivity index (χ3v) is 3.17. The molecule has 0 aliphatic heterocycles. The maximum absolute atomic E-state index is 6.18. The fraction of sp³-hybridized carbons (Fsp3) is 0.200. The second-order valence-corrected chi connectivity index (χ2v) is 4.53. The molecule has 0 aliphatic carbocycles. The number of hydrogen-bond donors (Lipinski definition) is 1. The van der Waals surface area contributed by atoms with Crippen LogP contribution in [0.1, 0.15) is 18.5 Å². The lowest BCUT2D eigenvalue weighted by Gasteiger charge is -2.17. The zero-order valence-corrected chi connectivity index (χ0v) is 11.2. The second-order valence-electron chi connectivity index (χ2n) is 4.12. The van der Waals surface area contributed by atoms with E-state index in [1.807, 2.05) is 48.5 Å². The van der Waals surface area contributed by atoms with Gasteiger partial charge in [0.2, 0.25) is 0 Å². The number of hydrogen-bond acceptors (Lipinski definition) is 2. The van der Waals surface area contributed by atoms with Crippen LogP contribution in [0.2, 0.25) is 5.02 Å². The van der Waals surface area contributed by atoms with Gasteiger partial charge >= 0.3 is 0 Å². The molecule has 0 heterocycles. The molecule has 1 N–H and O–H groups in total. The van der Waals surface area contributed by atoms with Crippen LogP contribution < -0.4 is 10.1 Å². The predicted octanol–water partition coefficient (Wildman–Crippen LogP) is 4.52. The molecule has 0 saturated heterocycles. The van der Waals surface area contributed by atoms with E-state index in [1.54, 1.807) is 7.11 Å². The lowest BCUT2D eigenvalue weighted by atomic mass is 10.1. The van der Waals surface area contributed by atoms with Crippen molar-refractivity contribution in [1.29, 1.82) is 0 Å². The molecule has 2 aromatic rings. The van der Waals surface area contributed by atoms with E-state index in [0.717, 1.165) is 22.0 Å². The van der Waals surface area contributed by atoms with Crippen molar-refractivity contribution < 1.29 is 4.74 Å². The molecule has 0 spiro atoms. The molecule has 2 rings (SSSR count). The van der Waals surface area contributed by atoms with E-state index in [-0.39, 0.29) is 6.04 Å². The van der Waals surface area contributed by atoms with Gasteiger partial charge in [-0.05, 0) is 30.7 Å². The van der Waals surface area contributed by atoms with Crippen molar-refractivity contribution in [3.8, 4) is 5.75 Å². The summed E-state index contributed by atoms with van der Waals surface area (Å²) in [7, 11) is 1.66. The summed E-state index contributed by atoms with van der Waals surface area (Å²) in [4.78, 5) is 0. The highest BCUT2D eigenvalue weighted by Gasteiger charge is 2.08. The maximum Gasteiger partial charge on any atom is 0.120 e. The van der Waals surface area contributed by atoms with E-state index >= 15 is 0 Å². The minimum Gasteiger partial charge on any atom is -0.497 e. The van der Waals surface area contributed by atoms with E-state index in [0.29, 0.717) is 0 Å². The Bertz CT molecular complexity index is 527. The van der Waals surface area contributed by atoms with Crippen molar-refractivity contribution in [2.75, 3.05) is 12.4 Å². The first-order chi connectivity index (χ1) is 8.70. The van der Waals surface area contributed by atoms with Crippen LogP contribution in [-0.2, 0) is 0 Å². The fourth-order valence-corrected chi connectivity index (χ4v) is 2.17. The number of ether oxygens (including phenoxy) is 1. The zero-order valence-electron chi connectivity index (χ0n) is 10.5. The smallest absolute Gasteiger partial charge is 0.120 e. The summed E-state index contributed by atoms with van der Waals surface area (Å²) >= 11 is 6.18. The molecular weight excluding hydrogens is 246 g/mol. The van der Waals surface area contributed by atoms with Crippen LogP contribution in [0.3, 0.4) is 0 Å². The van der Waals surface area contributed by atoms with Gasteiger partial charge in [0.1, 0.15) is 5.75 Å². The Balaban J connectivity index is 2.16. The number of halogens is 1. The minimum absolute atomic E-state index is 0.144. The predicted molar refractivity (Wildman–Crippen MR) is 76.5 cm³/mol. The van der Waals surface area contributed by atoms with Gasteiger partial charge in [0.05, 0.1) is 7.11 Å². The molecule has 0 bridgehead atoms. The van der Waals surface area contributed by atoms with Crippen molar-refractivity contribution in [3.05, 3.63) is 59.1 Å². The lowest BCUT2D eigenvalue weighted by Crippen LogP contribution is -2.07. The highest BCUT2D eigenvalue weighted by atomic mass is 35.5. The van der Waals surface area contributed by atoms with Gasteiger partial charge in [-0.1, -0.05) is 35.9 Å². The van der Waals surface area contributed by atoms with Crippen LogP contribution in [0.5, 0.6) is 5.75 Å². The molecule has 94 valence electrons. The molecule has 2 nitrogen and oxygen atoms in total. The van der Waals surface area contributed by atoms with Gasteiger partial charge < -0.3 is 10.1 Å². The zero-order chi connectivity index (χ0) is 13.0. The second kappa shape index (κ2) is 5.78. The van der Waals surface area contributed by atoms with Crippen LogP contribution in [0.4, 0.5) is 5.69 Å². The van der Waals surface area contributed by atoms with Gasteiger partial charge in [0.15, 0.2) is 0 Å². The van der Waals surface area contributed by atoms with Crippen LogP contribution in [0.25, 0.3) is 0 Å². The number of anilines is 1. The third kappa shape index (κ3) is 2.96. The largest absolute Gasteiger partial charge is 0.497 e. The highest BCUT2D eigenvalue weighted by molar-refractivity contribution is 6.31. The Morgan fingerprint density at radius 1 is 1.11 bits per heavy atom. The van der Waals surface area contributed by atoms with E-state index < -0.39 is 0 Å². The van der Waals surface area contributed by atoms with Crippen LogP contribution in [-0.4, -0.2) is 7.11 Å². The minimum atomic E-state index is 0.144. The summed E-state index contributed by atoms with van der Waals surface area (Å²) in [6, 6.07) is 15.9. The Morgan fingerprint density at radius 2 is 1.89 bits per heavy atom. The first-order valence-corrected chi connectivity index (χ1v) is 6.23. The van der Waals surface area contributed by atoms with Crippen LogP contribution >= 0.6 is 11.6 Å². The standard InChI is InChI=1S/C15H16ClNO/c1-11(14-8-3-4-9-15(14)16)17-12-6-5-7-13(10-12)18-2/h3-11,17H,1-2H3. The van der Waals surface area contributed by atoms with Crippen LogP contribution in [0.15, 0.2) is 48.5 Å². The summed E-state index contributed by atoms with van der Waals surface area (Å²) in [5.74, 6) is 0.839. The molecule has 0 fully saturated rings. The number of nitrogens with one attached hydrogen (secondary N) is 1. The van der Waals surface area contributed by atoms with Gasteiger partial charge in [0.25, 0.3) is 0 Å². The molecule has 1 unspecified atom stereocenters. The quantitative estimate of drug-likeness (QED) is 0.874. The third-order valence-electron chi connectivity index (χ3n) is 2.82. The normalized spacial score (nSPS) is 11.9. The van der Waals surface area contributed by atoms with Gasteiger partial charge in [-0.25, -0.2) is 0 Å². The van der Waals surface area contributed by atoms with Crippen molar-refractivity contribution in [2.45, 2.75) is 13.0 Å². The average molecular weight is 262 g/mol. The molecule has 3 heteroatoms. The van der Waals surface area contributed by atoms with E-state index in [2.05, 4.69) is 12.2 Å². The SMILES string of the molecule is COc1cccc(NC(C)c2ccccc2Cl)c1. The van der Waals surface area contributed by atoms with Crippen molar-refractivity contribution in [1.82, 2.24) is 0 Å². The van der Waals surface area contributed by atoms with E-state index in [1.165, 1.54) is 0 Å². The highest BCUT2D eigenvalue weighted by Crippen LogP contribution is 2.26. The number of methoxy groups -OCH3 is 1. The first-order valence-electron chi connectivity index (χ1n) is 5.85. The summed E-state index contributed by atoms with van der Waals surface area (Å²) in [5, 5.41) is 4.19. The fourth-order valence-electron chi connectivity index (χ4n) is 1.87. The molecular formula is C15H16ClNO. The summed E-state index contributed by atoms with van der Waals surface area (Å²) < 4.78 is 5.20. The first kappa shape index (κ1) is 12.8. The molecule has 18 heavy (non-hydrogen) atoms. The number of benzene rings is 2. The summed E-state index contributed by atoms with van der Waals surface area (Å²) in [6.07, 6.45) is 0. The molecule has 2 aromatic carbocycles. The van der Waals surface area contributed by atoms with Gasteiger partial charge in [-0.2, -0.15) is 0 Å². The Labute approximate surface area is 113 Å². The van der Waals surface area contributed by atoms with Crippen molar-refractivity contribution in [3.63, 3.8) is 0 Å². The van der Waals surface area contributed by atoms with Crippen molar-refractivity contribution in [2.24, 2.45) is 0 Å². The average Bonchev–Trinajstić information content (AvgIpc) is 2.39. The molecule has 0 amide bonds. The molecule has 1 atom stereocenters. The molecule has 0 aliphatic rings. The number of rotatable bonds is 4. The molecule has 0 saturated carbocycles. The van der Waals surface area contributed by atoms with E-state index in [4.69, 9.17) is 16.3 Å². The van der Waals surface area contributed by atoms with Gasteiger partial charge in [0, 0.05) is 22.8 Å². The Kier molecular flexibility index (Phi) is 4.11. The molecule has 0 aromatic heterocycles. The summed E-state index contributed by atoms with van der Waals surface area (Å²) in [6.45, 7) is 2.08. The molecule has 0 radical (unpaired) electrons. The van der Waals surface area contributed by atoms with Gasteiger partial charge in [-0.3, -0.25) is 0 Å². The van der Waals surface area contributed by atoms with Gasteiger partial charge in [-0.15, -0.1) is 0 Å². The van der Waals surface area contributed by atoms with Crippen LogP contribution in [0, 0.1) is 0 Å². The topological polar surface area (TPSA) is 21.3 Å². The monoisotopic (exact) mass is 261 g/mol. The Hall–Kier alpha value is -1.67. The lowest BCUT2D eigenvalue weighted by molar-refractivity contribution is 0.415. The van der Waals surface area contributed by atoms with Crippen molar-refractivity contribution >= 4 is 17.3 Å².